The van der Waals surface area contributed by atoms with Gasteiger partial charge in [0.15, 0.2) is 0 Å². The lowest BCUT2D eigenvalue weighted by atomic mass is 10.2. The fourth-order valence-corrected chi connectivity index (χ4v) is 2.11. The number of hydrogen-bond acceptors (Lipinski definition) is 4. The number of ether oxygens (including phenoxy) is 1. The average Bonchev–Trinajstić information content (AvgIpc) is 2.47. The van der Waals surface area contributed by atoms with E-state index in [1.165, 1.54) is 12.1 Å². The smallest absolute Gasteiger partial charge is 0.305 e. The molecular weight excluding hydrogens is 345 g/mol. The Bertz CT molecular complexity index is 678. The van der Waals surface area contributed by atoms with Crippen molar-refractivity contribution in [3.05, 3.63) is 67.9 Å². The van der Waals surface area contributed by atoms with Crippen LogP contribution in [0.25, 0.3) is 0 Å². The molecule has 0 saturated carbocycles. The van der Waals surface area contributed by atoms with Crippen molar-refractivity contribution in [2.45, 2.75) is 13.2 Å². The quantitative estimate of drug-likeness (QED) is 0.657. The van der Waals surface area contributed by atoms with Gasteiger partial charge in [-0.2, -0.15) is 4.39 Å². The third-order valence-electron chi connectivity index (χ3n) is 2.84. The molecule has 21 heavy (non-hydrogen) atoms. The maximum atomic E-state index is 13.9. The molecule has 0 heterocycles. The molecule has 0 radical (unpaired) electrons. The van der Waals surface area contributed by atoms with E-state index in [-0.39, 0.29) is 18.8 Å². The van der Waals surface area contributed by atoms with Gasteiger partial charge in [-0.25, -0.2) is 0 Å². The lowest BCUT2D eigenvalue weighted by Crippen LogP contribution is -2.02. The van der Waals surface area contributed by atoms with Gasteiger partial charge in [-0.05, 0) is 23.8 Å². The molecule has 0 saturated heterocycles. The highest BCUT2D eigenvalue weighted by Gasteiger charge is 2.17. The topological polar surface area (TPSA) is 72.6 Å². The summed E-state index contributed by atoms with van der Waals surface area (Å²) < 4.78 is 20.0. The van der Waals surface area contributed by atoms with Crippen LogP contribution >= 0.6 is 15.9 Å². The maximum Gasteiger partial charge on any atom is 0.305 e. The molecule has 5 nitrogen and oxygen atoms in total. The Balaban J connectivity index is 2.17. The minimum absolute atomic E-state index is 0.0951. The summed E-state index contributed by atoms with van der Waals surface area (Å²) in [6.07, 6.45) is 0. The third kappa shape index (κ3) is 3.56. The van der Waals surface area contributed by atoms with Crippen molar-refractivity contribution in [3.63, 3.8) is 0 Å². The second kappa shape index (κ2) is 6.64. The van der Waals surface area contributed by atoms with Gasteiger partial charge in [-0.1, -0.05) is 28.1 Å². The summed E-state index contributed by atoms with van der Waals surface area (Å²) in [7, 11) is 0. The summed E-state index contributed by atoms with van der Waals surface area (Å²) in [5.74, 6) is -0.463. The average molecular weight is 356 g/mol. The molecule has 0 aromatic heterocycles. The normalized spacial score (nSPS) is 10.4. The minimum atomic E-state index is -0.901. The second-order valence-corrected chi connectivity index (χ2v) is 5.06. The predicted octanol–water partition coefficient (Wildman–Crippen LogP) is 3.57. The zero-order chi connectivity index (χ0) is 15.4. The van der Waals surface area contributed by atoms with E-state index < -0.39 is 16.4 Å². The Morgan fingerprint density at radius 1 is 1.29 bits per heavy atom. The van der Waals surface area contributed by atoms with Crippen molar-refractivity contribution in [3.8, 4) is 5.75 Å². The monoisotopic (exact) mass is 355 g/mol. The first-order valence-electron chi connectivity index (χ1n) is 5.96. The summed E-state index contributed by atoms with van der Waals surface area (Å²) in [6.45, 7) is -0.303. The van der Waals surface area contributed by atoms with Crippen molar-refractivity contribution < 1.29 is 19.2 Å². The van der Waals surface area contributed by atoms with Crippen LogP contribution < -0.4 is 4.74 Å². The summed E-state index contributed by atoms with van der Waals surface area (Å²) in [6, 6.07) is 8.89. The molecule has 0 fully saturated rings. The molecule has 0 bridgehead atoms. The van der Waals surface area contributed by atoms with Crippen molar-refractivity contribution in [1.82, 2.24) is 0 Å². The Morgan fingerprint density at radius 3 is 2.71 bits per heavy atom. The molecule has 110 valence electrons. The molecule has 2 aromatic carbocycles. The van der Waals surface area contributed by atoms with Crippen molar-refractivity contribution in [2.75, 3.05) is 0 Å². The van der Waals surface area contributed by atoms with E-state index in [1.807, 2.05) is 0 Å². The highest BCUT2D eigenvalue weighted by atomic mass is 79.9. The molecule has 0 aliphatic carbocycles. The van der Waals surface area contributed by atoms with E-state index in [1.54, 1.807) is 18.2 Å². The van der Waals surface area contributed by atoms with Crippen LogP contribution in [-0.4, -0.2) is 10.0 Å². The van der Waals surface area contributed by atoms with E-state index in [4.69, 9.17) is 9.84 Å². The van der Waals surface area contributed by atoms with Gasteiger partial charge in [0.05, 0.1) is 11.5 Å². The highest BCUT2D eigenvalue weighted by molar-refractivity contribution is 9.10. The van der Waals surface area contributed by atoms with Gasteiger partial charge >= 0.3 is 5.69 Å². The van der Waals surface area contributed by atoms with Crippen LogP contribution in [-0.2, 0) is 13.2 Å². The molecule has 0 spiro atoms. The first-order chi connectivity index (χ1) is 10.0. The fourth-order valence-electron chi connectivity index (χ4n) is 1.74. The lowest BCUT2D eigenvalue weighted by molar-refractivity contribution is -0.387. The van der Waals surface area contributed by atoms with E-state index in [0.717, 1.165) is 10.5 Å². The van der Waals surface area contributed by atoms with E-state index in [9.17, 15) is 14.5 Å². The number of benzene rings is 2. The molecule has 2 aromatic rings. The van der Waals surface area contributed by atoms with Crippen LogP contribution in [0.4, 0.5) is 10.1 Å². The van der Waals surface area contributed by atoms with Gasteiger partial charge in [-0.15, -0.1) is 0 Å². The van der Waals surface area contributed by atoms with Crippen LogP contribution in [0.15, 0.2) is 40.9 Å². The first kappa shape index (κ1) is 15.4. The van der Waals surface area contributed by atoms with Crippen LogP contribution in [0.1, 0.15) is 11.1 Å². The third-order valence-corrected chi connectivity index (χ3v) is 3.61. The molecule has 1 N–H and O–H groups in total. The molecule has 0 amide bonds. The zero-order valence-corrected chi connectivity index (χ0v) is 12.3. The summed E-state index contributed by atoms with van der Waals surface area (Å²) >= 11 is 3.27. The molecule has 2 rings (SSSR count). The lowest BCUT2D eigenvalue weighted by Gasteiger charge is -2.09. The van der Waals surface area contributed by atoms with Crippen molar-refractivity contribution in [1.29, 1.82) is 0 Å². The van der Waals surface area contributed by atoms with Crippen molar-refractivity contribution >= 4 is 21.6 Å². The van der Waals surface area contributed by atoms with Crippen molar-refractivity contribution in [2.24, 2.45) is 0 Å². The van der Waals surface area contributed by atoms with Gasteiger partial charge in [0.1, 0.15) is 12.4 Å². The molecule has 0 unspecified atom stereocenters. The number of nitro benzene ring substituents is 1. The first-order valence-corrected chi connectivity index (χ1v) is 6.76. The maximum absolute atomic E-state index is 13.9. The predicted molar refractivity (Wildman–Crippen MR) is 77.5 cm³/mol. The number of aliphatic hydroxyl groups excluding tert-OH is 1. The van der Waals surface area contributed by atoms with Gasteiger partial charge in [-0.3, -0.25) is 10.1 Å². The van der Waals surface area contributed by atoms with Crippen LogP contribution in [0.3, 0.4) is 0 Å². The van der Waals surface area contributed by atoms with E-state index in [2.05, 4.69) is 15.9 Å². The minimum Gasteiger partial charge on any atom is -0.489 e. The Labute approximate surface area is 128 Å². The molecule has 0 aliphatic rings. The number of nitrogens with zero attached hydrogens (tertiary/aromatic N) is 1. The summed E-state index contributed by atoms with van der Waals surface area (Å²) in [5.41, 5.74) is 0.146. The standard InChI is InChI=1S/C14H11BrFNO4/c15-12-5-4-11(6-10(12)7-18)21-8-9-2-1-3-13(14(9)16)17(19)20/h1-6,18H,7-8H2. The van der Waals surface area contributed by atoms with E-state index >= 15 is 0 Å². The number of hydrogen-bond donors (Lipinski definition) is 1. The van der Waals surface area contributed by atoms with Gasteiger partial charge < -0.3 is 9.84 Å². The zero-order valence-electron chi connectivity index (χ0n) is 10.8. The molecule has 7 heteroatoms. The summed E-state index contributed by atoms with van der Waals surface area (Å²) in [5, 5.41) is 19.8. The largest absolute Gasteiger partial charge is 0.489 e. The van der Waals surface area contributed by atoms with Gasteiger partial charge in [0.2, 0.25) is 5.82 Å². The summed E-state index contributed by atoms with van der Waals surface area (Å²) in [4.78, 5) is 9.89. The van der Waals surface area contributed by atoms with Crippen LogP contribution in [0, 0.1) is 15.9 Å². The van der Waals surface area contributed by atoms with Gasteiger partial charge in [0, 0.05) is 16.1 Å². The van der Waals surface area contributed by atoms with E-state index in [0.29, 0.717) is 11.3 Å². The van der Waals surface area contributed by atoms with Gasteiger partial charge in [0.25, 0.3) is 0 Å². The number of halogens is 2. The van der Waals surface area contributed by atoms with Crippen LogP contribution in [0.5, 0.6) is 5.75 Å². The highest BCUT2D eigenvalue weighted by Crippen LogP contribution is 2.25. The Kier molecular flexibility index (Phi) is 4.87. The Morgan fingerprint density at radius 2 is 2.05 bits per heavy atom. The second-order valence-electron chi connectivity index (χ2n) is 4.21. The molecule has 0 atom stereocenters. The van der Waals surface area contributed by atoms with Crippen LogP contribution in [0.2, 0.25) is 0 Å². The number of nitro groups is 1. The molecule has 0 aliphatic heterocycles. The fraction of sp³-hybridized carbons (Fsp3) is 0.143. The number of aliphatic hydroxyl groups is 1. The SMILES string of the molecule is O=[N+]([O-])c1cccc(COc2ccc(Br)c(CO)c2)c1F. The Hall–Kier alpha value is -1.99. The molecular formula is C14H11BrFNO4. The number of rotatable bonds is 5.